The Morgan fingerprint density at radius 1 is 1.07 bits per heavy atom. The molecule has 0 fully saturated rings. The molecule has 0 spiro atoms. The Morgan fingerprint density at radius 3 is 2.37 bits per heavy atom. The van der Waals surface area contributed by atoms with E-state index in [4.69, 9.17) is 0 Å². The van der Waals surface area contributed by atoms with Gasteiger partial charge in [0.05, 0.1) is 11.9 Å². The van der Waals surface area contributed by atoms with E-state index in [0.29, 0.717) is 12.1 Å². The second-order valence-electron chi connectivity index (χ2n) is 7.23. The largest absolute Gasteiger partial charge is 0.356 e. The smallest absolute Gasteiger partial charge is 0.191 e. The zero-order chi connectivity index (χ0) is 19.6. The third-order valence-electron chi connectivity index (χ3n) is 4.58. The van der Waals surface area contributed by atoms with Gasteiger partial charge in [-0.25, -0.2) is 4.68 Å². The van der Waals surface area contributed by atoms with Crippen LogP contribution in [0.15, 0.2) is 47.7 Å². The highest BCUT2D eigenvalue weighted by molar-refractivity contribution is 5.79. The van der Waals surface area contributed by atoms with Crippen LogP contribution in [0.3, 0.4) is 0 Å². The molecule has 0 atom stereocenters. The van der Waals surface area contributed by atoms with Crippen molar-refractivity contribution in [2.45, 2.75) is 46.2 Å². The lowest BCUT2D eigenvalue weighted by Gasteiger charge is -2.30. The van der Waals surface area contributed by atoms with Gasteiger partial charge in [-0.2, -0.15) is 5.10 Å². The summed E-state index contributed by atoms with van der Waals surface area (Å²) in [6.45, 7) is 11.6. The first-order valence-electron chi connectivity index (χ1n) is 9.80. The highest BCUT2D eigenvalue weighted by Crippen LogP contribution is 2.07. The summed E-state index contributed by atoms with van der Waals surface area (Å²) in [4.78, 5) is 6.78. The summed E-state index contributed by atoms with van der Waals surface area (Å²) < 4.78 is 1.91. The molecule has 6 nitrogen and oxygen atoms in total. The van der Waals surface area contributed by atoms with Crippen LogP contribution in [-0.2, 0) is 6.42 Å². The molecule has 0 aliphatic heterocycles. The van der Waals surface area contributed by atoms with Crippen molar-refractivity contribution < 1.29 is 0 Å². The van der Waals surface area contributed by atoms with Crippen LogP contribution >= 0.6 is 0 Å². The van der Waals surface area contributed by atoms with Crippen molar-refractivity contribution in [2.24, 2.45) is 4.99 Å². The number of hydrogen-bond acceptors (Lipinski definition) is 3. The number of aliphatic imine (C=N–C) groups is 1. The molecule has 0 aliphatic carbocycles. The predicted molar refractivity (Wildman–Crippen MR) is 114 cm³/mol. The third-order valence-corrected chi connectivity index (χ3v) is 4.58. The van der Waals surface area contributed by atoms with Gasteiger partial charge in [0, 0.05) is 45.0 Å². The van der Waals surface area contributed by atoms with Gasteiger partial charge >= 0.3 is 0 Å². The van der Waals surface area contributed by atoms with Crippen LogP contribution in [0.2, 0.25) is 0 Å². The van der Waals surface area contributed by atoms with Crippen molar-refractivity contribution in [3.8, 4) is 5.69 Å². The average Bonchev–Trinajstić information content (AvgIpc) is 3.12. The molecule has 1 heterocycles. The second-order valence-corrected chi connectivity index (χ2v) is 7.23. The molecule has 0 aliphatic rings. The Kier molecular flexibility index (Phi) is 8.33. The monoisotopic (exact) mass is 370 g/mol. The van der Waals surface area contributed by atoms with Gasteiger partial charge in [0.15, 0.2) is 5.96 Å². The molecule has 1 aromatic heterocycles. The molecule has 0 radical (unpaired) electrons. The summed E-state index contributed by atoms with van der Waals surface area (Å²) in [5.74, 6) is 0.845. The van der Waals surface area contributed by atoms with Crippen molar-refractivity contribution in [3.63, 3.8) is 0 Å². The van der Waals surface area contributed by atoms with Gasteiger partial charge in [-0.05, 0) is 51.8 Å². The maximum atomic E-state index is 4.44. The van der Waals surface area contributed by atoms with Gasteiger partial charge in [-0.3, -0.25) is 9.89 Å². The predicted octanol–water partition coefficient (Wildman–Crippen LogP) is 2.70. The third kappa shape index (κ3) is 6.71. The summed E-state index contributed by atoms with van der Waals surface area (Å²) >= 11 is 0. The number of benzene rings is 1. The van der Waals surface area contributed by atoms with Gasteiger partial charge in [-0.1, -0.05) is 18.2 Å². The van der Waals surface area contributed by atoms with Crippen LogP contribution in [0.5, 0.6) is 0 Å². The molecule has 2 N–H and O–H groups in total. The van der Waals surface area contributed by atoms with E-state index in [2.05, 4.69) is 71.6 Å². The molecule has 0 saturated carbocycles. The molecule has 27 heavy (non-hydrogen) atoms. The highest BCUT2D eigenvalue weighted by Gasteiger charge is 2.12. The standard InChI is InChI=1S/C21H34N6/c1-17(2)26(18(3)4)14-13-24-21(22-5)23-12-11-19-15-25-27(16-19)20-9-7-6-8-10-20/h6-10,15-18H,11-14H2,1-5H3,(H2,22,23,24). The fraction of sp³-hybridized carbons (Fsp3) is 0.524. The van der Waals surface area contributed by atoms with Crippen molar-refractivity contribution in [3.05, 3.63) is 48.3 Å². The summed E-state index contributed by atoms with van der Waals surface area (Å²) in [5.41, 5.74) is 2.28. The lowest BCUT2D eigenvalue weighted by Crippen LogP contribution is -2.45. The van der Waals surface area contributed by atoms with Crippen LogP contribution in [0.4, 0.5) is 0 Å². The van der Waals surface area contributed by atoms with Gasteiger partial charge in [0.1, 0.15) is 0 Å². The molecular formula is C21H34N6. The fourth-order valence-corrected chi connectivity index (χ4v) is 3.17. The number of nitrogens with one attached hydrogen (secondary N) is 2. The number of rotatable bonds is 9. The molecule has 148 valence electrons. The van der Waals surface area contributed by atoms with Crippen LogP contribution < -0.4 is 10.6 Å². The molecule has 1 aromatic carbocycles. The topological polar surface area (TPSA) is 57.5 Å². The summed E-state index contributed by atoms with van der Waals surface area (Å²) in [6.07, 6.45) is 4.90. The molecule has 0 unspecified atom stereocenters. The number of nitrogens with zero attached hydrogens (tertiary/aromatic N) is 4. The van der Waals surface area contributed by atoms with Gasteiger partial charge in [0.2, 0.25) is 0 Å². The van der Waals surface area contributed by atoms with Crippen molar-refractivity contribution in [1.29, 1.82) is 0 Å². The van der Waals surface area contributed by atoms with E-state index < -0.39 is 0 Å². The molecular weight excluding hydrogens is 336 g/mol. The highest BCUT2D eigenvalue weighted by atomic mass is 15.3. The normalized spacial score (nSPS) is 12.2. The zero-order valence-electron chi connectivity index (χ0n) is 17.3. The van der Waals surface area contributed by atoms with Crippen molar-refractivity contribution in [1.82, 2.24) is 25.3 Å². The van der Waals surface area contributed by atoms with Crippen molar-refractivity contribution in [2.75, 3.05) is 26.7 Å². The van der Waals surface area contributed by atoms with Gasteiger partial charge < -0.3 is 10.6 Å². The molecule has 2 aromatic rings. The number of aromatic nitrogens is 2. The van der Waals surface area contributed by atoms with Crippen molar-refractivity contribution >= 4 is 5.96 Å². The minimum absolute atomic E-state index is 0.544. The van der Waals surface area contributed by atoms with E-state index >= 15 is 0 Å². The zero-order valence-corrected chi connectivity index (χ0v) is 17.3. The molecule has 0 saturated heterocycles. The number of hydrogen-bond donors (Lipinski definition) is 2. The number of para-hydroxylation sites is 1. The first-order valence-corrected chi connectivity index (χ1v) is 9.80. The summed E-state index contributed by atoms with van der Waals surface area (Å²) in [6, 6.07) is 11.3. The Bertz CT molecular complexity index is 682. The first kappa shape index (κ1) is 21.0. The Hall–Kier alpha value is -2.34. The van der Waals surface area contributed by atoms with Crippen LogP contribution in [0.25, 0.3) is 5.69 Å². The second kappa shape index (κ2) is 10.7. The average molecular weight is 371 g/mol. The maximum Gasteiger partial charge on any atom is 0.191 e. The fourth-order valence-electron chi connectivity index (χ4n) is 3.17. The van der Waals surface area contributed by atoms with Gasteiger partial charge in [-0.15, -0.1) is 0 Å². The van der Waals surface area contributed by atoms with Gasteiger partial charge in [0.25, 0.3) is 0 Å². The van der Waals surface area contributed by atoms with E-state index in [1.165, 1.54) is 5.56 Å². The molecule has 0 bridgehead atoms. The lowest BCUT2D eigenvalue weighted by molar-refractivity contribution is 0.178. The molecule has 2 rings (SSSR count). The van der Waals surface area contributed by atoms with E-state index in [1.807, 2.05) is 36.1 Å². The Morgan fingerprint density at radius 2 is 1.74 bits per heavy atom. The van der Waals surface area contributed by atoms with E-state index in [9.17, 15) is 0 Å². The summed E-state index contributed by atoms with van der Waals surface area (Å²) in [7, 11) is 1.81. The molecule has 6 heteroatoms. The number of guanidine groups is 1. The SMILES string of the molecule is CN=C(NCCc1cnn(-c2ccccc2)c1)NCCN(C(C)C)C(C)C. The Labute approximate surface area is 163 Å². The quantitative estimate of drug-likeness (QED) is 0.526. The first-order chi connectivity index (χ1) is 13.0. The van der Waals surface area contributed by atoms with E-state index in [-0.39, 0.29) is 0 Å². The van der Waals surface area contributed by atoms with Crippen LogP contribution in [-0.4, -0.2) is 59.4 Å². The van der Waals surface area contributed by atoms with E-state index in [1.54, 1.807) is 0 Å². The summed E-state index contributed by atoms with van der Waals surface area (Å²) in [5, 5.41) is 11.2. The minimum atomic E-state index is 0.544. The Balaban J connectivity index is 1.74. The lowest BCUT2D eigenvalue weighted by atomic mass is 10.2. The van der Waals surface area contributed by atoms with Crippen LogP contribution in [0, 0.1) is 0 Å². The van der Waals surface area contributed by atoms with Crippen LogP contribution in [0.1, 0.15) is 33.3 Å². The maximum absolute atomic E-state index is 4.44. The van der Waals surface area contributed by atoms with E-state index in [0.717, 1.165) is 37.7 Å². The molecule has 0 amide bonds. The minimum Gasteiger partial charge on any atom is -0.356 e.